The van der Waals surface area contributed by atoms with Crippen LogP contribution < -0.4 is 10.5 Å². The van der Waals surface area contributed by atoms with E-state index in [0.29, 0.717) is 18.9 Å². The van der Waals surface area contributed by atoms with Crippen LogP contribution in [0.25, 0.3) is 0 Å². The van der Waals surface area contributed by atoms with E-state index in [9.17, 15) is 9.59 Å². The minimum absolute atomic E-state index is 0.203. The van der Waals surface area contributed by atoms with Gasteiger partial charge in [0, 0.05) is 13.1 Å². The Kier molecular flexibility index (Phi) is 8.96. The lowest BCUT2D eigenvalue weighted by atomic mass is 9.92. The van der Waals surface area contributed by atoms with Crippen LogP contribution in [0, 0.1) is 5.92 Å². The third-order valence-corrected chi connectivity index (χ3v) is 5.24. The highest BCUT2D eigenvalue weighted by molar-refractivity contribution is 5.73. The van der Waals surface area contributed by atoms with Gasteiger partial charge in [-0.25, -0.2) is 4.79 Å². The number of unbranched alkanes of at least 4 members (excludes halogenated alkanes) is 1. The fourth-order valence-corrected chi connectivity index (χ4v) is 3.52. The number of carboxylic acids is 1. The molecule has 30 heavy (non-hydrogen) atoms. The molecular weight excluding hydrogens is 384 g/mol. The zero-order chi connectivity index (χ0) is 22.1. The molecule has 0 bridgehead atoms. The SMILES string of the molecule is CC(C)(C)OC(=O)N1CCC(CCCCOc2ccc(CC(N)C(=O)O)cc2)CC1. The number of nitrogens with two attached hydrogens (primary N) is 1. The lowest BCUT2D eigenvalue weighted by Gasteiger charge is -2.33. The largest absolute Gasteiger partial charge is 0.494 e. The van der Waals surface area contributed by atoms with Gasteiger partial charge in [0.2, 0.25) is 0 Å². The number of likely N-dealkylation sites (tertiary alicyclic amines) is 1. The quantitative estimate of drug-likeness (QED) is 0.589. The lowest BCUT2D eigenvalue weighted by Crippen LogP contribution is -2.41. The summed E-state index contributed by atoms with van der Waals surface area (Å²) in [6, 6.07) is 6.55. The first-order valence-corrected chi connectivity index (χ1v) is 10.8. The fourth-order valence-electron chi connectivity index (χ4n) is 3.52. The van der Waals surface area contributed by atoms with Crippen molar-refractivity contribution in [2.45, 2.75) is 70.9 Å². The fraction of sp³-hybridized carbons (Fsp3) is 0.652. The Bertz CT molecular complexity index is 676. The molecule has 168 valence electrons. The topological polar surface area (TPSA) is 102 Å². The van der Waals surface area contributed by atoms with Crippen molar-refractivity contribution in [2.75, 3.05) is 19.7 Å². The number of hydrogen-bond donors (Lipinski definition) is 2. The number of carbonyl (C=O) groups is 2. The van der Waals surface area contributed by atoms with Gasteiger partial charge < -0.3 is 25.2 Å². The number of amides is 1. The molecule has 0 aliphatic carbocycles. The third-order valence-electron chi connectivity index (χ3n) is 5.24. The van der Waals surface area contributed by atoms with Gasteiger partial charge in [-0.1, -0.05) is 18.6 Å². The van der Waals surface area contributed by atoms with Gasteiger partial charge in [0.05, 0.1) is 6.61 Å². The molecule has 1 heterocycles. The van der Waals surface area contributed by atoms with E-state index < -0.39 is 17.6 Å². The van der Waals surface area contributed by atoms with Crippen LogP contribution in [0.1, 0.15) is 58.4 Å². The molecule has 1 aliphatic heterocycles. The first-order valence-electron chi connectivity index (χ1n) is 10.8. The summed E-state index contributed by atoms with van der Waals surface area (Å²) in [6.45, 7) is 7.88. The summed E-state index contributed by atoms with van der Waals surface area (Å²) < 4.78 is 11.2. The van der Waals surface area contributed by atoms with Crippen molar-refractivity contribution in [1.29, 1.82) is 0 Å². The van der Waals surface area contributed by atoms with Crippen LogP contribution in [0.4, 0.5) is 4.79 Å². The van der Waals surface area contributed by atoms with Crippen molar-refractivity contribution < 1.29 is 24.2 Å². The van der Waals surface area contributed by atoms with Crippen molar-refractivity contribution in [3.05, 3.63) is 29.8 Å². The van der Waals surface area contributed by atoms with Crippen LogP contribution in [-0.2, 0) is 16.0 Å². The number of hydrogen-bond acceptors (Lipinski definition) is 5. The van der Waals surface area contributed by atoms with Gasteiger partial charge in [0.1, 0.15) is 17.4 Å². The minimum atomic E-state index is -0.995. The standard InChI is InChI=1S/C23H36N2O5/c1-23(2,3)30-22(28)25-13-11-17(12-14-25)6-4-5-15-29-19-9-7-18(8-10-19)16-20(24)21(26)27/h7-10,17,20H,4-6,11-16,24H2,1-3H3,(H,26,27). The van der Waals surface area contributed by atoms with Crippen LogP contribution in [0.5, 0.6) is 5.75 Å². The molecule has 1 fully saturated rings. The van der Waals surface area contributed by atoms with Crippen LogP contribution in [0.3, 0.4) is 0 Å². The number of piperidine rings is 1. The highest BCUT2D eigenvalue weighted by Gasteiger charge is 2.26. The third kappa shape index (κ3) is 8.61. The smallest absolute Gasteiger partial charge is 0.410 e. The molecule has 0 saturated carbocycles. The summed E-state index contributed by atoms with van der Waals surface area (Å²) >= 11 is 0. The second-order valence-corrected chi connectivity index (χ2v) is 9.05. The van der Waals surface area contributed by atoms with Crippen molar-refractivity contribution in [3.8, 4) is 5.75 Å². The Balaban J connectivity index is 1.58. The number of ether oxygens (including phenoxy) is 2. The Morgan fingerprint density at radius 2 is 1.80 bits per heavy atom. The number of benzene rings is 1. The molecule has 1 unspecified atom stereocenters. The maximum atomic E-state index is 12.1. The summed E-state index contributed by atoms with van der Waals surface area (Å²) in [5, 5.41) is 8.86. The molecule has 3 N–H and O–H groups in total. The molecule has 0 radical (unpaired) electrons. The van der Waals surface area contributed by atoms with Gasteiger partial charge in [-0.2, -0.15) is 0 Å². The lowest BCUT2D eigenvalue weighted by molar-refractivity contribution is -0.138. The number of rotatable bonds is 9. The minimum Gasteiger partial charge on any atom is -0.494 e. The van der Waals surface area contributed by atoms with E-state index in [1.54, 1.807) is 0 Å². The summed E-state index contributed by atoms with van der Waals surface area (Å²) in [4.78, 5) is 24.7. The average Bonchev–Trinajstić information content (AvgIpc) is 2.68. The molecule has 1 aromatic rings. The Labute approximate surface area is 179 Å². The molecule has 1 aromatic carbocycles. The van der Waals surface area contributed by atoms with E-state index >= 15 is 0 Å². The molecule has 7 heteroatoms. The maximum Gasteiger partial charge on any atom is 0.410 e. The van der Waals surface area contributed by atoms with E-state index in [-0.39, 0.29) is 6.09 Å². The zero-order valence-electron chi connectivity index (χ0n) is 18.4. The van der Waals surface area contributed by atoms with Crippen molar-refractivity contribution in [2.24, 2.45) is 11.7 Å². The molecule has 1 amide bonds. The van der Waals surface area contributed by atoms with Crippen molar-refractivity contribution >= 4 is 12.1 Å². The number of carboxylic acid groups (broad SMARTS) is 1. The van der Waals surface area contributed by atoms with E-state index in [4.69, 9.17) is 20.3 Å². The predicted octanol–water partition coefficient (Wildman–Crippen LogP) is 3.84. The van der Waals surface area contributed by atoms with Crippen molar-refractivity contribution in [3.63, 3.8) is 0 Å². The first kappa shape index (κ1) is 24.0. The molecule has 0 spiro atoms. The Hall–Kier alpha value is -2.28. The van der Waals surface area contributed by atoms with Crippen LogP contribution in [0.2, 0.25) is 0 Å². The number of nitrogens with zero attached hydrogens (tertiary/aromatic N) is 1. The van der Waals surface area contributed by atoms with Gasteiger partial charge >= 0.3 is 12.1 Å². The van der Waals surface area contributed by atoms with Gasteiger partial charge in [-0.15, -0.1) is 0 Å². The molecular formula is C23H36N2O5. The zero-order valence-corrected chi connectivity index (χ0v) is 18.4. The van der Waals surface area contributed by atoms with Gasteiger partial charge in [-0.3, -0.25) is 4.79 Å². The molecule has 2 rings (SSSR count). The summed E-state index contributed by atoms with van der Waals surface area (Å²) in [7, 11) is 0. The van der Waals surface area contributed by atoms with E-state index in [2.05, 4.69) is 0 Å². The molecule has 1 aliphatic rings. The normalized spacial score (nSPS) is 16.2. The highest BCUT2D eigenvalue weighted by Crippen LogP contribution is 2.24. The van der Waals surface area contributed by atoms with Crippen LogP contribution >= 0.6 is 0 Å². The van der Waals surface area contributed by atoms with Gasteiger partial charge in [-0.05, 0) is 76.5 Å². The molecule has 7 nitrogen and oxygen atoms in total. The molecule has 0 aromatic heterocycles. The van der Waals surface area contributed by atoms with E-state index in [1.807, 2.05) is 49.9 Å². The van der Waals surface area contributed by atoms with Gasteiger partial charge in [0.25, 0.3) is 0 Å². The average molecular weight is 421 g/mol. The summed E-state index contributed by atoms with van der Waals surface area (Å²) in [6.07, 6.45) is 5.39. The molecule has 1 atom stereocenters. The van der Waals surface area contributed by atoms with E-state index in [1.165, 1.54) is 0 Å². The Morgan fingerprint density at radius 1 is 1.17 bits per heavy atom. The first-order chi connectivity index (χ1) is 14.1. The Morgan fingerprint density at radius 3 is 2.37 bits per heavy atom. The van der Waals surface area contributed by atoms with E-state index in [0.717, 1.165) is 56.5 Å². The summed E-state index contributed by atoms with van der Waals surface area (Å²) in [5.41, 5.74) is 5.99. The second kappa shape index (κ2) is 11.2. The molecule has 1 saturated heterocycles. The van der Waals surface area contributed by atoms with Crippen LogP contribution in [-0.4, -0.2) is 53.4 Å². The predicted molar refractivity (Wildman–Crippen MR) is 116 cm³/mol. The monoisotopic (exact) mass is 420 g/mol. The number of aliphatic carboxylic acids is 1. The summed E-state index contributed by atoms with van der Waals surface area (Å²) in [5.74, 6) is 0.445. The number of carbonyl (C=O) groups excluding carboxylic acids is 1. The van der Waals surface area contributed by atoms with Gasteiger partial charge in [0.15, 0.2) is 0 Å². The maximum absolute atomic E-state index is 12.1. The van der Waals surface area contributed by atoms with Crippen molar-refractivity contribution in [1.82, 2.24) is 4.90 Å². The second-order valence-electron chi connectivity index (χ2n) is 9.05. The van der Waals surface area contributed by atoms with Crippen LogP contribution in [0.15, 0.2) is 24.3 Å². The highest BCUT2D eigenvalue weighted by atomic mass is 16.6.